The molecule has 0 aliphatic carbocycles. The van der Waals surface area contributed by atoms with Crippen molar-refractivity contribution < 1.29 is 28.3 Å². The summed E-state index contributed by atoms with van der Waals surface area (Å²) in [5.41, 5.74) is -0.326. The number of halogens is 1. The number of carbonyl (C=O) groups excluding carboxylic acids is 4. The molecule has 0 saturated carbocycles. The lowest BCUT2D eigenvalue weighted by molar-refractivity contribution is -0.143. The Morgan fingerprint density at radius 2 is 1.78 bits per heavy atom. The van der Waals surface area contributed by atoms with Gasteiger partial charge in [0.05, 0.1) is 5.56 Å². The number of likely N-dealkylation sites (tertiary alicyclic amines) is 1. The molecule has 3 saturated heterocycles. The van der Waals surface area contributed by atoms with Gasteiger partial charge in [-0.25, -0.2) is 9.18 Å². The van der Waals surface area contributed by atoms with Crippen LogP contribution in [0, 0.1) is 18.7 Å². The van der Waals surface area contributed by atoms with Gasteiger partial charge in [0.2, 0.25) is 5.91 Å². The van der Waals surface area contributed by atoms with Crippen LogP contribution in [0.3, 0.4) is 0 Å². The molecule has 1 aromatic carbocycles. The molecule has 3 heterocycles. The minimum Gasteiger partial charge on any atom is -0.381 e. The molecule has 36 heavy (non-hydrogen) atoms. The SMILES string of the molecule is Cc1ccc(F)c(C(=O)N[C@@H](C(=O)N2CCC3(CC2)C(=O)N(C)C(=O)N3C2CCOCC2)C(C)C)c1. The van der Waals surface area contributed by atoms with E-state index in [1.54, 1.807) is 22.8 Å². The minimum atomic E-state index is -0.966. The quantitative estimate of drug-likeness (QED) is 0.623. The van der Waals surface area contributed by atoms with E-state index in [9.17, 15) is 23.6 Å². The number of amides is 5. The van der Waals surface area contributed by atoms with E-state index in [2.05, 4.69) is 5.32 Å². The van der Waals surface area contributed by atoms with Gasteiger partial charge in [0.1, 0.15) is 17.4 Å². The van der Waals surface area contributed by atoms with Crippen LogP contribution >= 0.6 is 0 Å². The van der Waals surface area contributed by atoms with Gasteiger partial charge in [-0.2, -0.15) is 0 Å². The Hall–Kier alpha value is -3.01. The third-order valence-electron chi connectivity index (χ3n) is 7.70. The zero-order chi connectivity index (χ0) is 26.2. The number of likely N-dealkylation sites (N-methyl/N-ethyl adjacent to an activating group) is 1. The van der Waals surface area contributed by atoms with Crippen molar-refractivity contribution in [1.82, 2.24) is 20.0 Å². The maximum Gasteiger partial charge on any atom is 0.327 e. The maximum atomic E-state index is 14.3. The van der Waals surface area contributed by atoms with Crippen molar-refractivity contribution in [3.05, 3.63) is 35.1 Å². The highest BCUT2D eigenvalue weighted by molar-refractivity contribution is 6.07. The molecule has 1 spiro atoms. The number of hydrogen-bond donors (Lipinski definition) is 1. The average Bonchev–Trinajstić information content (AvgIpc) is 3.04. The van der Waals surface area contributed by atoms with Crippen LogP contribution in [-0.2, 0) is 14.3 Å². The molecule has 1 aromatic rings. The number of urea groups is 1. The van der Waals surface area contributed by atoms with E-state index in [4.69, 9.17) is 4.74 Å². The number of imide groups is 1. The fourth-order valence-corrected chi connectivity index (χ4v) is 5.59. The van der Waals surface area contributed by atoms with E-state index in [0.29, 0.717) is 38.9 Å². The first kappa shape index (κ1) is 26.1. The second-order valence-electron chi connectivity index (χ2n) is 10.4. The van der Waals surface area contributed by atoms with Gasteiger partial charge in [-0.3, -0.25) is 19.3 Å². The minimum absolute atomic E-state index is 0.0747. The van der Waals surface area contributed by atoms with Crippen molar-refractivity contribution in [2.24, 2.45) is 5.92 Å². The van der Waals surface area contributed by atoms with Crippen LogP contribution in [0.25, 0.3) is 0 Å². The number of aryl methyl sites for hydroxylation is 1. The van der Waals surface area contributed by atoms with Gasteiger partial charge in [-0.15, -0.1) is 0 Å². The maximum absolute atomic E-state index is 14.3. The van der Waals surface area contributed by atoms with Crippen LogP contribution in [0.1, 0.15) is 55.5 Å². The smallest absolute Gasteiger partial charge is 0.327 e. The Bertz CT molecular complexity index is 1050. The van der Waals surface area contributed by atoms with E-state index in [-0.39, 0.29) is 48.5 Å². The average molecular weight is 503 g/mol. The first-order chi connectivity index (χ1) is 17.1. The molecular weight excluding hydrogens is 467 g/mol. The van der Waals surface area contributed by atoms with Gasteiger partial charge in [-0.1, -0.05) is 25.5 Å². The Kier molecular flexibility index (Phi) is 7.36. The van der Waals surface area contributed by atoms with Crippen molar-refractivity contribution in [2.45, 2.75) is 64.1 Å². The molecule has 3 aliphatic heterocycles. The molecule has 0 unspecified atom stereocenters. The summed E-state index contributed by atoms with van der Waals surface area (Å²) in [5.74, 6) is -2.01. The summed E-state index contributed by atoms with van der Waals surface area (Å²) in [6.45, 7) is 7.06. The van der Waals surface area contributed by atoms with E-state index in [0.717, 1.165) is 5.56 Å². The first-order valence-corrected chi connectivity index (χ1v) is 12.6. The molecule has 0 aromatic heterocycles. The van der Waals surface area contributed by atoms with E-state index in [1.165, 1.54) is 24.1 Å². The highest BCUT2D eigenvalue weighted by Crippen LogP contribution is 2.40. The number of carbonyl (C=O) groups is 4. The largest absolute Gasteiger partial charge is 0.381 e. The monoisotopic (exact) mass is 502 g/mol. The summed E-state index contributed by atoms with van der Waals surface area (Å²) in [4.78, 5) is 57.2. The third-order valence-corrected chi connectivity index (χ3v) is 7.70. The van der Waals surface area contributed by atoms with E-state index >= 15 is 0 Å². The van der Waals surface area contributed by atoms with Gasteiger partial charge < -0.3 is 19.9 Å². The van der Waals surface area contributed by atoms with Crippen molar-refractivity contribution in [3.63, 3.8) is 0 Å². The summed E-state index contributed by atoms with van der Waals surface area (Å²) in [5, 5.41) is 2.72. The summed E-state index contributed by atoms with van der Waals surface area (Å²) < 4.78 is 19.7. The Morgan fingerprint density at radius 1 is 1.14 bits per heavy atom. The normalized spacial score (nSPS) is 21.4. The van der Waals surface area contributed by atoms with Crippen molar-refractivity contribution >= 4 is 23.8 Å². The summed E-state index contributed by atoms with van der Waals surface area (Å²) in [7, 11) is 1.51. The van der Waals surface area contributed by atoms with Crippen LogP contribution in [0.5, 0.6) is 0 Å². The van der Waals surface area contributed by atoms with E-state index < -0.39 is 23.3 Å². The molecule has 1 atom stereocenters. The molecule has 0 bridgehead atoms. The second kappa shape index (κ2) is 10.2. The second-order valence-corrected chi connectivity index (χ2v) is 10.4. The summed E-state index contributed by atoms with van der Waals surface area (Å²) in [6, 6.07) is 3.06. The van der Waals surface area contributed by atoms with Gasteiger partial charge in [0, 0.05) is 39.4 Å². The zero-order valence-corrected chi connectivity index (χ0v) is 21.4. The summed E-state index contributed by atoms with van der Waals surface area (Å²) >= 11 is 0. The van der Waals surface area contributed by atoms with Crippen LogP contribution in [0.15, 0.2) is 18.2 Å². The van der Waals surface area contributed by atoms with Gasteiger partial charge >= 0.3 is 6.03 Å². The number of benzene rings is 1. The topological polar surface area (TPSA) is 99.3 Å². The zero-order valence-electron chi connectivity index (χ0n) is 21.4. The number of nitrogens with one attached hydrogen (secondary N) is 1. The highest BCUT2D eigenvalue weighted by Gasteiger charge is 2.59. The molecular formula is C26H35FN4O5. The lowest BCUT2D eigenvalue weighted by Crippen LogP contribution is -2.62. The number of piperidine rings is 1. The predicted molar refractivity (Wildman–Crippen MR) is 130 cm³/mol. The van der Waals surface area contributed by atoms with Crippen LogP contribution in [0.2, 0.25) is 0 Å². The van der Waals surface area contributed by atoms with Crippen LogP contribution in [0.4, 0.5) is 9.18 Å². The third kappa shape index (κ3) is 4.58. The Balaban J connectivity index is 1.49. The van der Waals surface area contributed by atoms with Crippen molar-refractivity contribution in [2.75, 3.05) is 33.4 Å². The lowest BCUT2D eigenvalue weighted by Gasteiger charge is -2.46. The molecule has 1 N–H and O–H groups in total. The van der Waals surface area contributed by atoms with Gasteiger partial charge in [-0.05, 0) is 50.7 Å². The molecule has 10 heteroatoms. The number of nitrogens with zero attached hydrogens (tertiary/aromatic N) is 3. The molecule has 0 radical (unpaired) electrons. The van der Waals surface area contributed by atoms with Gasteiger partial charge in [0.15, 0.2) is 0 Å². The molecule has 196 valence electrons. The Labute approximate surface area is 210 Å². The molecule has 5 amide bonds. The molecule has 3 aliphatic rings. The highest BCUT2D eigenvalue weighted by atomic mass is 19.1. The van der Waals surface area contributed by atoms with E-state index in [1.807, 2.05) is 13.8 Å². The fraction of sp³-hybridized carbons (Fsp3) is 0.615. The molecule has 4 rings (SSSR count). The number of hydrogen-bond acceptors (Lipinski definition) is 5. The molecule has 3 fully saturated rings. The Morgan fingerprint density at radius 3 is 2.39 bits per heavy atom. The van der Waals surface area contributed by atoms with Crippen LogP contribution in [-0.4, -0.2) is 89.4 Å². The van der Waals surface area contributed by atoms with Crippen LogP contribution < -0.4 is 5.32 Å². The first-order valence-electron chi connectivity index (χ1n) is 12.6. The standard InChI is InChI=1S/C26H35FN4O5/c1-16(2)21(28-22(32)19-15-17(3)5-6-20(19)27)23(33)30-11-9-26(10-12-30)24(34)29(4)25(35)31(26)18-7-13-36-14-8-18/h5-6,15-16,18,21H,7-14H2,1-4H3,(H,28,32)/t21-/m1/s1. The van der Waals surface area contributed by atoms with Crippen molar-refractivity contribution in [1.29, 1.82) is 0 Å². The van der Waals surface area contributed by atoms with Crippen molar-refractivity contribution in [3.8, 4) is 0 Å². The lowest BCUT2D eigenvalue weighted by atomic mass is 9.83. The predicted octanol–water partition coefficient (Wildman–Crippen LogP) is 2.32. The fourth-order valence-electron chi connectivity index (χ4n) is 5.59. The number of rotatable bonds is 5. The molecule has 9 nitrogen and oxygen atoms in total. The number of ether oxygens (including phenoxy) is 1. The summed E-state index contributed by atoms with van der Waals surface area (Å²) in [6.07, 6.45) is 2.01. The van der Waals surface area contributed by atoms with Gasteiger partial charge in [0.25, 0.3) is 11.8 Å².